The average molecular weight is 316 g/mol. The summed E-state index contributed by atoms with van der Waals surface area (Å²) in [6.45, 7) is 11.7. The molecule has 6 heteroatoms. The number of piperidine rings is 1. The molecule has 0 radical (unpaired) electrons. The summed E-state index contributed by atoms with van der Waals surface area (Å²) in [6, 6.07) is 0.634. The van der Waals surface area contributed by atoms with E-state index in [1.165, 1.54) is 6.92 Å². The number of carbonyl (C=O) groups is 1. The Morgan fingerprint density at radius 3 is 2.27 bits per heavy atom. The monoisotopic (exact) mass is 316 g/mol. The van der Waals surface area contributed by atoms with Crippen LogP contribution in [0.3, 0.4) is 0 Å². The van der Waals surface area contributed by atoms with Crippen LogP contribution in [0, 0.1) is 0 Å². The predicted octanol–water partition coefficient (Wildman–Crippen LogP) is 1.05. The number of ether oxygens (including phenoxy) is 3. The minimum Gasteiger partial charge on any atom is -0.377 e. The van der Waals surface area contributed by atoms with Gasteiger partial charge in [-0.2, -0.15) is 0 Å². The van der Waals surface area contributed by atoms with Gasteiger partial charge < -0.3 is 24.4 Å². The van der Waals surface area contributed by atoms with Crippen molar-refractivity contribution in [1.29, 1.82) is 0 Å². The lowest BCUT2D eigenvalue weighted by Crippen LogP contribution is -2.41. The van der Waals surface area contributed by atoms with Crippen molar-refractivity contribution in [3.63, 3.8) is 0 Å². The van der Waals surface area contributed by atoms with Crippen LogP contribution in [0.4, 0.5) is 0 Å². The normalized spacial score (nSPS) is 17.1. The fourth-order valence-corrected chi connectivity index (χ4v) is 2.45. The first-order valence-electron chi connectivity index (χ1n) is 8.35. The topological polar surface area (TPSA) is 60.0 Å². The van der Waals surface area contributed by atoms with Crippen LogP contribution in [0.15, 0.2) is 0 Å². The third kappa shape index (κ3) is 9.35. The third-order valence-electron chi connectivity index (χ3n) is 3.78. The molecule has 0 aromatic carbocycles. The van der Waals surface area contributed by atoms with Crippen molar-refractivity contribution >= 4 is 5.91 Å². The minimum atomic E-state index is -0.0313. The van der Waals surface area contributed by atoms with Crippen molar-refractivity contribution in [3.8, 4) is 0 Å². The molecule has 0 saturated carbocycles. The van der Waals surface area contributed by atoms with Crippen LogP contribution in [0.5, 0.6) is 0 Å². The summed E-state index contributed by atoms with van der Waals surface area (Å²) in [5.41, 5.74) is 0. The van der Waals surface area contributed by atoms with Crippen LogP contribution in [-0.4, -0.2) is 75.6 Å². The zero-order chi connectivity index (χ0) is 16.2. The Morgan fingerprint density at radius 2 is 1.68 bits per heavy atom. The van der Waals surface area contributed by atoms with E-state index in [0.717, 1.165) is 25.9 Å². The van der Waals surface area contributed by atoms with E-state index in [4.69, 9.17) is 14.2 Å². The number of nitrogens with zero attached hydrogens (tertiary/aromatic N) is 1. The maximum absolute atomic E-state index is 10.6. The van der Waals surface area contributed by atoms with Gasteiger partial charge in [0.2, 0.25) is 5.91 Å². The van der Waals surface area contributed by atoms with Gasteiger partial charge in [0.15, 0.2) is 0 Å². The molecule has 0 aliphatic carbocycles. The van der Waals surface area contributed by atoms with Crippen LogP contribution in [0.1, 0.15) is 33.6 Å². The molecular formula is C16H32N2O4. The van der Waals surface area contributed by atoms with Gasteiger partial charge in [-0.1, -0.05) is 0 Å². The highest BCUT2D eigenvalue weighted by atomic mass is 16.5. The van der Waals surface area contributed by atoms with Gasteiger partial charge in [0, 0.05) is 32.6 Å². The third-order valence-corrected chi connectivity index (χ3v) is 3.78. The Kier molecular flexibility index (Phi) is 10.4. The molecule has 1 N–H and O–H groups in total. The number of likely N-dealkylation sites (tertiary alicyclic amines) is 1. The van der Waals surface area contributed by atoms with Gasteiger partial charge in [0.1, 0.15) is 0 Å². The number of hydrogen-bond donors (Lipinski definition) is 1. The molecule has 0 bridgehead atoms. The minimum absolute atomic E-state index is 0.0313. The quantitative estimate of drug-likeness (QED) is 0.577. The average Bonchev–Trinajstić information content (AvgIpc) is 2.49. The standard InChI is InChI=1S/C16H32N2O4/c1-14(2)18-7-4-16(5-8-18)22-13-12-21-11-10-20-9-6-17-15(3)19/h14,16H,4-13H2,1-3H3,(H,17,19). The Labute approximate surface area is 134 Å². The molecule has 22 heavy (non-hydrogen) atoms. The number of amides is 1. The van der Waals surface area contributed by atoms with E-state index in [-0.39, 0.29) is 5.91 Å². The van der Waals surface area contributed by atoms with E-state index < -0.39 is 0 Å². The summed E-state index contributed by atoms with van der Waals surface area (Å²) in [5.74, 6) is -0.0313. The van der Waals surface area contributed by atoms with Gasteiger partial charge in [0.05, 0.1) is 39.1 Å². The lowest BCUT2D eigenvalue weighted by atomic mass is 10.1. The van der Waals surface area contributed by atoms with E-state index in [1.807, 2.05) is 0 Å². The molecule has 0 spiro atoms. The number of carbonyl (C=O) groups excluding carboxylic acids is 1. The van der Waals surface area contributed by atoms with Crippen LogP contribution >= 0.6 is 0 Å². The summed E-state index contributed by atoms with van der Waals surface area (Å²) in [7, 11) is 0. The highest BCUT2D eigenvalue weighted by Crippen LogP contribution is 2.15. The molecule has 1 aliphatic heterocycles. The summed E-state index contributed by atoms with van der Waals surface area (Å²) >= 11 is 0. The Hall–Kier alpha value is -0.690. The zero-order valence-electron chi connectivity index (χ0n) is 14.3. The van der Waals surface area contributed by atoms with E-state index in [0.29, 0.717) is 51.7 Å². The lowest BCUT2D eigenvalue weighted by molar-refractivity contribution is -0.119. The molecule has 1 saturated heterocycles. The summed E-state index contributed by atoms with van der Waals surface area (Å²) in [5, 5.41) is 2.67. The van der Waals surface area contributed by atoms with Gasteiger partial charge in [-0.3, -0.25) is 4.79 Å². The van der Waals surface area contributed by atoms with Gasteiger partial charge in [-0.05, 0) is 26.7 Å². The summed E-state index contributed by atoms with van der Waals surface area (Å²) < 4.78 is 16.6. The second-order valence-electron chi connectivity index (χ2n) is 5.91. The van der Waals surface area contributed by atoms with E-state index in [1.54, 1.807) is 0 Å². The van der Waals surface area contributed by atoms with Crippen molar-refractivity contribution in [3.05, 3.63) is 0 Å². The highest BCUT2D eigenvalue weighted by molar-refractivity contribution is 5.72. The molecule has 130 valence electrons. The van der Waals surface area contributed by atoms with Gasteiger partial charge in [-0.25, -0.2) is 0 Å². The van der Waals surface area contributed by atoms with E-state index >= 15 is 0 Å². The Bertz CT molecular complexity index is 292. The predicted molar refractivity (Wildman–Crippen MR) is 86.0 cm³/mol. The molecule has 1 amide bonds. The molecular weight excluding hydrogens is 284 g/mol. The largest absolute Gasteiger partial charge is 0.377 e. The first-order chi connectivity index (χ1) is 10.6. The van der Waals surface area contributed by atoms with Gasteiger partial charge >= 0.3 is 0 Å². The molecule has 0 atom stereocenters. The second-order valence-corrected chi connectivity index (χ2v) is 5.91. The number of rotatable bonds is 11. The summed E-state index contributed by atoms with van der Waals surface area (Å²) in [4.78, 5) is 13.1. The fourth-order valence-electron chi connectivity index (χ4n) is 2.45. The zero-order valence-corrected chi connectivity index (χ0v) is 14.3. The Morgan fingerprint density at radius 1 is 1.09 bits per heavy atom. The maximum Gasteiger partial charge on any atom is 0.216 e. The van der Waals surface area contributed by atoms with E-state index in [9.17, 15) is 4.79 Å². The lowest BCUT2D eigenvalue weighted by Gasteiger charge is -2.34. The fraction of sp³-hybridized carbons (Fsp3) is 0.938. The molecule has 0 unspecified atom stereocenters. The molecule has 1 rings (SSSR count). The molecule has 1 fully saturated rings. The second kappa shape index (κ2) is 11.8. The van der Waals surface area contributed by atoms with Gasteiger partial charge in [0.25, 0.3) is 0 Å². The van der Waals surface area contributed by atoms with Crippen molar-refractivity contribution < 1.29 is 19.0 Å². The molecule has 1 heterocycles. The van der Waals surface area contributed by atoms with Crippen molar-refractivity contribution in [2.45, 2.75) is 45.8 Å². The highest BCUT2D eigenvalue weighted by Gasteiger charge is 2.20. The van der Waals surface area contributed by atoms with Gasteiger partial charge in [-0.15, -0.1) is 0 Å². The molecule has 0 aromatic heterocycles. The first-order valence-corrected chi connectivity index (χ1v) is 8.35. The molecule has 0 aromatic rings. The van der Waals surface area contributed by atoms with Crippen molar-refractivity contribution in [2.75, 3.05) is 52.7 Å². The number of nitrogens with one attached hydrogen (secondary N) is 1. The van der Waals surface area contributed by atoms with Crippen LogP contribution in [-0.2, 0) is 19.0 Å². The van der Waals surface area contributed by atoms with Crippen LogP contribution in [0.25, 0.3) is 0 Å². The smallest absolute Gasteiger partial charge is 0.216 e. The van der Waals surface area contributed by atoms with E-state index in [2.05, 4.69) is 24.1 Å². The molecule has 1 aliphatic rings. The number of hydrogen-bond acceptors (Lipinski definition) is 5. The van der Waals surface area contributed by atoms with Crippen LogP contribution < -0.4 is 5.32 Å². The Balaban J connectivity index is 1.83. The first kappa shape index (κ1) is 19.4. The SMILES string of the molecule is CC(=O)NCCOCCOCCOC1CCN(C(C)C)CC1. The maximum atomic E-state index is 10.6. The summed E-state index contributed by atoms with van der Waals surface area (Å²) in [6.07, 6.45) is 2.61. The molecule has 6 nitrogen and oxygen atoms in total. The van der Waals surface area contributed by atoms with Crippen molar-refractivity contribution in [1.82, 2.24) is 10.2 Å². The van der Waals surface area contributed by atoms with Crippen molar-refractivity contribution in [2.24, 2.45) is 0 Å². The van der Waals surface area contributed by atoms with Crippen LogP contribution in [0.2, 0.25) is 0 Å².